The molecule has 0 fully saturated rings. The minimum absolute atomic E-state index is 0.00196. The average molecular weight is 305 g/mol. The number of allylic oxidation sites excluding steroid dienone is 2. The molecule has 0 saturated heterocycles. The minimum atomic E-state index is -0.267. The number of hydrogen-bond acceptors (Lipinski definition) is 3. The first-order chi connectivity index (χ1) is 11.2. The highest BCUT2D eigenvalue weighted by molar-refractivity contribution is 5.99. The lowest BCUT2D eigenvalue weighted by molar-refractivity contribution is 0.0958. The van der Waals surface area contributed by atoms with Crippen molar-refractivity contribution in [3.05, 3.63) is 47.7 Å². The Morgan fingerprint density at radius 2 is 2.35 bits per heavy atom. The van der Waals surface area contributed by atoms with Crippen molar-refractivity contribution in [1.29, 1.82) is 5.26 Å². The van der Waals surface area contributed by atoms with Crippen molar-refractivity contribution in [1.82, 2.24) is 10.3 Å². The van der Waals surface area contributed by atoms with Gasteiger partial charge in [0.25, 0.3) is 5.91 Å². The van der Waals surface area contributed by atoms with Crippen LogP contribution in [0.4, 0.5) is 0 Å². The van der Waals surface area contributed by atoms with Crippen LogP contribution in [0.15, 0.2) is 36.5 Å². The van der Waals surface area contributed by atoms with Gasteiger partial charge >= 0.3 is 0 Å². The Morgan fingerprint density at radius 3 is 3.09 bits per heavy atom. The number of pyridine rings is 1. The predicted molar refractivity (Wildman–Crippen MR) is 90.7 cm³/mol. The maximum absolute atomic E-state index is 12.0. The molecule has 1 N–H and O–H groups in total. The Bertz CT molecular complexity index is 817. The Balaban J connectivity index is 1.97. The number of benzene rings is 1. The van der Waals surface area contributed by atoms with E-state index in [2.05, 4.69) is 29.4 Å². The number of para-hydroxylation sites is 1. The van der Waals surface area contributed by atoms with Gasteiger partial charge in [0.2, 0.25) is 0 Å². The van der Waals surface area contributed by atoms with E-state index in [-0.39, 0.29) is 12.5 Å². The zero-order valence-electron chi connectivity index (χ0n) is 13.2. The van der Waals surface area contributed by atoms with Crippen molar-refractivity contribution in [3.63, 3.8) is 0 Å². The zero-order valence-corrected chi connectivity index (χ0v) is 13.2. The van der Waals surface area contributed by atoms with Gasteiger partial charge in [0, 0.05) is 17.1 Å². The molecule has 1 aromatic heterocycles. The summed E-state index contributed by atoms with van der Waals surface area (Å²) in [7, 11) is 0. The molecule has 4 nitrogen and oxygen atoms in total. The first kappa shape index (κ1) is 15.2. The molecular formula is C19H19N3O. The summed E-state index contributed by atoms with van der Waals surface area (Å²) >= 11 is 0. The monoisotopic (exact) mass is 305 g/mol. The molecule has 1 aliphatic rings. The molecule has 0 radical (unpaired) electrons. The normalized spacial score (nSPS) is 17.4. The molecule has 0 spiro atoms. The molecule has 0 aliphatic heterocycles. The van der Waals surface area contributed by atoms with E-state index in [4.69, 9.17) is 5.26 Å². The number of rotatable bonds is 3. The summed E-state index contributed by atoms with van der Waals surface area (Å²) in [5.74, 6) is 0.481. The van der Waals surface area contributed by atoms with Gasteiger partial charge in [-0.15, -0.1) is 0 Å². The fourth-order valence-electron chi connectivity index (χ4n) is 2.98. The topological polar surface area (TPSA) is 65.8 Å². The lowest BCUT2D eigenvalue weighted by atomic mass is 9.87. The van der Waals surface area contributed by atoms with Gasteiger partial charge in [-0.25, -0.2) is 0 Å². The molecule has 0 bridgehead atoms. The number of amides is 1. The van der Waals surface area contributed by atoms with Crippen LogP contribution in [0.5, 0.6) is 0 Å². The number of carbonyl (C=O) groups excluding carboxylic acids is 1. The number of aromatic nitrogens is 1. The van der Waals surface area contributed by atoms with E-state index in [0.29, 0.717) is 5.56 Å². The summed E-state index contributed by atoms with van der Waals surface area (Å²) in [6.07, 6.45) is 7.30. The third-order valence-electron chi connectivity index (χ3n) is 4.32. The van der Waals surface area contributed by atoms with Crippen LogP contribution >= 0.6 is 0 Å². The molecular weight excluding hydrogens is 286 g/mol. The summed E-state index contributed by atoms with van der Waals surface area (Å²) in [5, 5.41) is 12.0. The second-order valence-electron chi connectivity index (χ2n) is 6.05. The minimum Gasteiger partial charge on any atom is -0.339 e. The fraction of sp³-hybridized carbons (Fsp3) is 0.316. The van der Waals surface area contributed by atoms with Crippen LogP contribution in [0.25, 0.3) is 16.5 Å². The molecule has 4 heteroatoms. The molecule has 0 saturated carbocycles. The molecule has 23 heavy (non-hydrogen) atoms. The van der Waals surface area contributed by atoms with Gasteiger partial charge in [-0.1, -0.05) is 31.2 Å². The Kier molecular flexibility index (Phi) is 4.38. The van der Waals surface area contributed by atoms with Gasteiger partial charge in [0.15, 0.2) is 0 Å². The zero-order chi connectivity index (χ0) is 16.2. The first-order valence-electron chi connectivity index (χ1n) is 7.92. The second-order valence-corrected chi connectivity index (χ2v) is 6.05. The molecule has 116 valence electrons. The van der Waals surface area contributed by atoms with Crippen LogP contribution in [0.3, 0.4) is 0 Å². The number of nitrogens with zero attached hydrogens (tertiary/aromatic N) is 2. The summed E-state index contributed by atoms with van der Waals surface area (Å²) in [6, 6.07) is 9.82. The quantitative estimate of drug-likeness (QED) is 0.879. The van der Waals surface area contributed by atoms with Gasteiger partial charge in [-0.2, -0.15) is 5.26 Å². The summed E-state index contributed by atoms with van der Waals surface area (Å²) in [6.45, 7) is 2.28. The molecule has 1 aliphatic carbocycles. The predicted octanol–water partition coefficient (Wildman–Crippen LogP) is 3.69. The smallest absolute Gasteiger partial charge is 0.253 e. The number of fused-ring (bicyclic) bond motifs is 1. The molecule has 1 heterocycles. The Labute approximate surface area is 135 Å². The Hall–Kier alpha value is -2.67. The summed E-state index contributed by atoms with van der Waals surface area (Å²) in [4.78, 5) is 16.5. The van der Waals surface area contributed by atoms with Crippen LogP contribution in [-0.2, 0) is 0 Å². The van der Waals surface area contributed by atoms with Gasteiger partial charge in [0.05, 0.1) is 17.1 Å². The number of nitriles is 1. The molecule has 1 atom stereocenters. The second kappa shape index (κ2) is 6.62. The van der Waals surface area contributed by atoms with Crippen LogP contribution in [0.2, 0.25) is 0 Å². The van der Waals surface area contributed by atoms with E-state index in [9.17, 15) is 4.79 Å². The summed E-state index contributed by atoms with van der Waals surface area (Å²) in [5.41, 5.74) is 3.93. The number of nitrogens with one attached hydrogen (secondary N) is 1. The maximum Gasteiger partial charge on any atom is 0.253 e. The van der Waals surface area contributed by atoms with E-state index in [1.54, 1.807) is 6.20 Å². The highest BCUT2D eigenvalue weighted by atomic mass is 16.1. The van der Waals surface area contributed by atoms with Crippen molar-refractivity contribution in [2.45, 2.75) is 26.2 Å². The van der Waals surface area contributed by atoms with E-state index >= 15 is 0 Å². The molecule has 1 unspecified atom stereocenters. The van der Waals surface area contributed by atoms with Gasteiger partial charge in [-0.05, 0) is 36.8 Å². The molecule has 3 rings (SSSR count). The van der Waals surface area contributed by atoms with Gasteiger partial charge < -0.3 is 5.32 Å². The SMILES string of the molecule is CC1CC=C(c2cccc3cc(C(=O)NCC#N)cnc23)CC1. The highest BCUT2D eigenvalue weighted by Gasteiger charge is 2.15. The fourth-order valence-corrected chi connectivity index (χ4v) is 2.98. The van der Waals surface area contributed by atoms with Gasteiger partial charge in [0.1, 0.15) is 6.54 Å². The largest absolute Gasteiger partial charge is 0.339 e. The van der Waals surface area contributed by atoms with Gasteiger partial charge in [-0.3, -0.25) is 9.78 Å². The average Bonchev–Trinajstić information content (AvgIpc) is 2.59. The van der Waals surface area contributed by atoms with E-state index in [1.165, 1.54) is 17.6 Å². The van der Waals surface area contributed by atoms with Crippen molar-refractivity contribution in [2.24, 2.45) is 5.92 Å². The van der Waals surface area contributed by atoms with Crippen molar-refractivity contribution in [3.8, 4) is 6.07 Å². The molecule has 1 aromatic carbocycles. The van der Waals surface area contributed by atoms with Crippen molar-refractivity contribution < 1.29 is 4.79 Å². The lowest BCUT2D eigenvalue weighted by Crippen LogP contribution is -2.23. The van der Waals surface area contributed by atoms with Crippen LogP contribution in [0, 0.1) is 17.2 Å². The van der Waals surface area contributed by atoms with E-state index in [1.807, 2.05) is 24.3 Å². The number of hydrogen-bond donors (Lipinski definition) is 1. The third-order valence-corrected chi connectivity index (χ3v) is 4.32. The van der Waals surface area contributed by atoms with Crippen LogP contribution in [0.1, 0.15) is 42.1 Å². The Morgan fingerprint density at radius 1 is 1.48 bits per heavy atom. The lowest BCUT2D eigenvalue weighted by Gasteiger charge is -2.19. The van der Waals surface area contributed by atoms with Crippen LogP contribution < -0.4 is 5.32 Å². The first-order valence-corrected chi connectivity index (χ1v) is 7.92. The maximum atomic E-state index is 12.0. The standard InChI is InChI=1S/C19H19N3O/c1-13-5-7-14(8-6-13)17-4-2-3-15-11-16(12-22-18(15)17)19(23)21-10-9-20/h2-4,7,11-13H,5-6,8,10H2,1H3,(H,21,23). The van der Waals surface area contributed by atoms with Crippen LogP contribution in [-0.4, -0.2) is 17.4 Å². The molecule has 1 amide bonds. The number of carbonyl (C=O) groups is 1. The van der Waals surface area contributed by atoms with E-state index in [0.717, 1.165) is 29.7 Å². The van der Waals surface area contributed by atoms with Crippen molar-refractivity contribution >= 4 is 22.4 Å². The summed E-state index contributed by atoms with van der Waals surface area (Å²) < 4.78 is 0. The molecule has 2 aromatic rings. The van der Waals surface area contributed by atoms with Crippen molar-refractivity contribution in [2.75, 3.05) is 6.54 Å². The highest BCUT2D eigenvalue weighted by Crippen LogP contribution is 2.33. The van der Waals surface area contributed by atoms with E-state index < -0.39 is 0 Å². The third kappa shape index (κ3) is 3.24.